The Bertz CT molecular complexity index is 2630. The van der Waals surface area contributed by atoms with E-state index >= 15 is 0 Å². The second-order valence-corrected chi connectivity index (χ2v) is 14.2. The van der Waals surface area contributed by atoms with Crippen molar-refractivity contribution in [2.75, 3.05) is 18.0 Å². The molecule has 2 aliphatic heterocycles. The number of imidazole rings is 1. The predicted molar refractivity (Wildman–Crippen MR) is 217 cm³/mol. The highest BCUT2D eigenvalue weighted by atomic mass is 16.3. The Hall–Kier alpha value is -6.46. The Morgan fingerprint density at radius 2 is 1.23 bits per heavy atom. The van der Waals surface area contributed by atoms with E-state index in [4.69, 9.17) is 9.97 Å². The van der Waals surface area contributed by atoms with Crippen LogP contribution in [0.15, 0.2) is 152 Å². The summed E-state index contributed by atoms with van der Waals surface area (Å²) >= 11 is 0. The van der Waals surface area contributed by atoms with E-state index in [1.54, 1.807) is 0 Å². The van der Waals surface area contributed by atoms with Crippen molar-refractivity contribution >= 4 is 16.7 Å². The van der Waals surface area contributed by atoms with E-state index in [0.29, 0.717) is 5.75 Å². The van der Waals surface area contributed by atoms with Crippen LogP contribution in [0.4, 0.5) is 5.69 Å². The van der Waals surface area contributed by atoms with Gasteiger partial charge >= 0.3 is 0 Å². The molecule has 8 aromatic rings. The van der Waals surface area contributed by atoms with Crippen LogP contribution in [0.2, 0.25) is 0 Å². The second-order valence-electron chi connectivity index (χ2n) is 14.2. The standard InChI is InChI=1S/C48H38N4O/c53-47-41-21-12-26-51-25-11-17-35(46(41)51)30-42(47)48-50-45-40(20-10-22-44(45)52(48)39-18-8-3-9-19-39)37-27-36(33-15-6-2-7-16-33)28-38(29-37)43-31-34(23-24-49-43)32-13-4-1-5-14-32/h1-10,13-16,18-20,22-24,27-31,53H,11-12,17,21,25-26H2. The molecule has 5 heteroatoms. The zero-order valence-electron chi connectivity index (χ0n) is 29.4. The molecule has 4 heterocycles. The molecular weight excluding hydrogens is 649 g/mol. The fraction of sp³-hybridized carbons (Fsp3) is 0.125. The number of para-hydroxylation sites is 2. The number of anilines is 1. The van der Waals surface area contributed by atoms with Crippen LogP contribution in [-0.4, -0.2) is 32.7 Å². The smallest absolute Gasteiger partial charge is 0.149 e. The minimum Gasteiger partial charge on any atom is -0.507 e. The number of phenols is 1. The number of aromatic hydroxyl groups is 1. The minimum absolute atomic E-state index is 0.363. The molecule has 0 spiro atoms. The maximum Gasteiger partial charge on any atom is 0.149 e. The number of nitrogens with zero attached hydrogens (tertiary/aromatic N) is 4. The third kappa shape index (κ3) is 5.48. The quantitative estimate of drug-likeness (QED) is 0.189. The summed E-state index contributed by atoms with van der Waals surface area (Å²) in [7, 11) is 0. The minimum atomic E-state index is 0.363. The fourth-order valence-corrected chi connectivity index (χ4v) is 8.49. The van der Waals surface area contributed by atoms with Gasteiger partial charge in [0, 0.05) is 47.4 Å². The predicted octanol–water partition coefficient (Wildman–Crippen LogP) is 11.2. The monoisotopic (exact) mass is 686 g/mol. The van der Waals surface area contributed by atoms with Crippen LogP contribution in [0.3, 0.4) is 0 Å². The van der Waals surface area contributed by atoms with Gasteiger partial charge in [-0.05, 0) is 114 Å². The summed E-state index contributed by atoms with van der Waals surface area (Å²) in [4.78, 5) is 12.8. The highest BCUT2D eigenvalue weighted by Crippen LogP contribution is 2.47. The maximum absolute atomic E-state index is 12.1. The van der Waals surface area contributed by atoms with Gasteiger partial charge in [0.05, 0.1) is 22.3 Å². The lowest BCUT2D eigenvalue weighted by Gasteiger charge is -2.37. The molecule has 0 amide bonds. The summed E-state index contributed by atoms with van der Waals surface area (Å²) in [5.74, 6) is 1.12. The Morgan fingerprint density at radius 1 is 0.547 bits per heavy atom. The van der Waals surface area contributed by atoms with E-state index in [-0.39, 0.29) is 0 Å². The average molecular weight is 687 g/mol. The van der Waals surface area contributed by atoms with Gasteiger partial charge in [-0.15, -0.1) is 0 Å². The van der Waals surface area contributed by atoms with Gasteiger partial charge in [0.15, 0.2) is 0 Å². The van der Waals surface area contributed by atoms with Crippen LogP contribution in [0, 0.1) is 0 Å². The summed E-state index contributed by atoms with van der Waals surface area (Å²) < 4.78 is 2.23. The fourth-order valence-electron chi connectivity index (χ4n) is 8.49. The van der Waals surface area contributed by atoms with E-state index in [9.17, 15) is 5.11 Å². The van der Waals surface area contributed by atoms with Crippen molar-refractivity contribution in [2.45, 2.75) is 25.7 Å². The summed E-state index contributed by atoms with van der Waals surface area (Å²) in [6.45, 7) is 2.11. The molecule has 0 saturated heterocycles. The Kier molecular flexibility index (Phi) is 7.64. The zero-order chi connectivity index (χ0) is 35.3. The van der Waals surface area contributed by atoms with E-state index in [0.717, 1.165) is 117 Å². The second kappa shape index (κ2) is 12.9. The molecule has 6 aromatic carbocycles. The van der Waals surface area contributed by atoms with E-state index in [2.05, 4.69) is 143 Å². The number of rotatable bonds is 6. The van der Waals surface area contributed by atoms with Gasteiger partial charge in [0.2, 0.25) is 0 Å². The lowest BCUT2D eigenvalue weighted by atomic mass is 9.89. The van der Waals surface area contributed by atoms with Crippen molar-refractivity contribution in [1.82, 2.24) is 14.5 Å². The molecule has 0 unspecified atom stereocenters. The van der Waals surface area contributed by atoms with Gasteiger partial charge in [-0.1, -0.05) is 91.0 Å². The van der Waals surface area contributed by atoms with E-state index in [1.165, 1.54) is 11.3 Å². The first-order valence-electron chi connectivity index (χ1n) is 18.6. The van der Waals surface area contributed by atoms with Crippen molar-refractivity contribution < 1.29 is 5.11 Å². The van der Waals surface area contributed by atoms with Crippen molar-refractivity contribution in [2.24, 2.45) is 0 Å². The van der Waals surface area contributed by atoms with Crippen LogP contribution in [-0.2, 0) is 12.8 Å². The third-order valence-electron chi connectivity index (χ3n) is 10.9. The molecule has 0 aliphatic carbocycles. The number of phenolic OH excluding ortho intramolecular Hbond substituents is 1. The third-order valence-corrected chi connectivity index (χ3v) is 10.9. The van der Waals surface area contributed by atoms with Gasteiger partial charge in [-0.2, -0.15) is 0 Å². The molecule has 2 aliphatic rings. The number of aryl methyl sites for hydroxylation is 1. The van der Waals surface area contributed by atoms with Crippen LogP contribution in [0.5, 0.6) is 5.75 Å². The summed E-state index contributed by atoms with van der Waals surface area (Å²) in [6, 6.07) is 51.1. The number of benzene rings is 6. The molecule has 256 valence electrons. The van der Waals surface area contributed by atoms with Gasteiger partial charge in [-0.3, -0.25) is 9.55 Å². The van der Waals surface area contributed by atoms with Crippen molar-refractivity contribution in [3.8, 4) is 67.5 Å². The molecule has 53 heavy (non-hydrogen) atoms. The van der Waals surface area contributed by atoms with Gasteiger partial charge in [0.1, 0.15) is 11.6 Å². The first kappa shape index (κ1) is 31.3. The van der Waals surface area contributed by atoms with E-state index < -0.39 is 0 Å². The Labute approximate surface area is 309 Å². The molecule has 0 atom stereocenters. The summed E-state index contributed by atoms with van der Waals surface area (Å²) in [5, 5.41) is 12.1. The molecule has 5 nitrogen and oxygen atoms in total. The largest absolute Gasteiger partial charge is 0.507 e. The van der Waals surface area contributed by atoms with Crippen LogP contribution in [0.1, 0.15) is 24.0 Å². The molecule has 0 radical (unpaired) electrons. The first-order valence-corrected chi connectivity index (χ1v) is 18.6. The number of hydrogen-bond acceptors (Lipinski definition) is 4. The molecule has 10 rings (SSSR count). The SMILES string of the molecule is Oc1c(-c2nc3c(-c4cc(-c5ccccc5)cc(-c5cc(-c6ccccc6)ccn5)c4)cccc3n2-c2ccccc2)cc2c3c1CCCN3CCC2. The lowest BCUT2D eigenvalue weighted by Crippen LogP contribution is -2.34. The highest BCUT2D eigenvalue weighted by molar-refractivity contribution is 5.98. The van der Waals surface area contributed by atoms with Gasteiger partial charge in [0.25, 0.3) is 0 Å². The molecular formula is C48H38N4O. The van der Waals surface area contributed by atoms with Crippen molar-refractivity contribution in [3.05, 3.63) is 163 Å². The number of fused-ring (bicyclic) bond motifs is 1. The summed E-state index contributed by atoms with van der Waals surface area (Å²) in [6.07, 6.45) is 5.96. The number of aromatic nitrogens is 3. The van der Waals surface area contributed by atoms with Crippen LogP contribution >= 0.6 is 0 Å². The van der Waals surface area contributed by atoms with Crippen LogP contribution < -0.4 is 4.90 Å². The number of pyridine rings is 1. The molecule has 2 aromatic heterocycles. The average Bonchev–Trinajstić information content (AvgIpc) is 3.63. The summed E-state index contributed by atoms with van der Waals surface area (Å²) in [5.41, 5.74) is 15.9. The topological polar surface area (TPSA) is 54.2 Å². The zero-order valence-corrected chi connectivity index (χ0v) is 29.4. The maximum atomic E-state index is 12.1. The Morgan fingerprint density at radius 3 is 2.00 bits per heavy atom. The molecule has 0 saturated carbocycles. The Balaban J connectivity index is 1.20. The molecule has 0 bridgehead atoms. The number of hydrogen-bond donors (Lipinski definition) is 1. The first-order chi connectivity index (χ1) is 26.2. The molecule has 0 fully saturated rings. The lowest BCUT2D eigenvalue weighted by molar-refractivity contribution is 0.464. The molecule has 1 N–H and O–H groups in total. The van der Waals surface area contributed by atoms with E-state index in [1.807, 2.05) is 18.3 Å². The van der Waals surface area contributed by atoms with Crippen molar-refractivity contribution in [3.63, 3.8) is 0 Å². The van der Waals surface area contributed by atoms with Gasteiger partial charge in [-0.25, -0.2) is 4.98 Å². The van der Waals surface area contributed by atoms with Crippen LogP contribution in [0.25, 0.3) is 72.7 Å². The van der Waals surface area contributed by atoms with Crippen molar-refractivity contribution in [1.29, 1.82) is 0 Å². The highest BCUT2D eigenvalue weighted by Gasteiger charge is 2.30. The normalized spacial score (nSPS) is 13.6. The van der Waals surface area contributed by atoms with Gasteiger partial charge < -0.3 is 10.0 Å².